The van der Waals surface area contributed by atoms with Gasteiger partial charge in [-0.25, -0.2) is 8.78 Å². The summed E-state index contributed by atoms with van der Waals surface area (Å²) in [5.41, 5.74) is 0.575. The minimum atomic E-state index is -0.555. The molecule has 0 spiro atoms. The van der Waals surface area contributed by atoms with E-state index in [9.17, 15) is 18.4 Å². The lowest BCUT2D eigenvalue weighted by atomic mass is 10.3. The van der Waals surface area contributed by atoms with Gasteiger partial charge in [0.25, 0.3) is 5.91 Å². The molecular formula is C25H19Cl2F2N5O3S. The molecule has 0 fully saturated rings. The normalized spacial score (nSPS) is 10.7. The number of rotatable bonds is 10. The number of benzene rings is 3. The van der Waals surface area contributed by atoms with Crippen LogP contribution >= 0.6 is 35.0 Å². The van der Waals surface area contributed by atoms with Gasteiger partial charge in [-0.1, -0.05) is 47.1 Å². The van der Waals surface area contributed by atoms with Crippen LogP contribution in [0.4, 0.5) is 14.5 Å². The van der Waals surface area contributed by atoms with Crippen LogP contribution in [0.1, 0.15) is 5.82 Å². The quantitative estimate of drug-likeness (QED) is 0.249. The first-order chi connectivity index (χ1) is 18.3. The van der Waals surface area contributed by atoms with Gasteiger partial charge in [-0.2, -0.15) is 0 Å². The van der Waals surface area contributed by atoms with Crippen molar-refractivity contribution in [2.45, 2.75) is 11.7 Å². The Balaban J connectivity index is 1.43. The number of nitrogens with zero attached hydrogens (tertiary/aromatic N) is 3. The molecule has 4 rings (SSSR count). The molecule has 0 aliphatic rings. The summed E-state index contributed by atoms with van der Waals surface area (Å²) in [6.45, 7) is -0.354. The van der Waals surface area contributed by atoms with Crippen LogP contribution in [0, 0.1) is 11.6 Å². The highest BCUT2D eigenvalue weighted by Gasteiger charge is 2.18. The molecule has 13 heteroatoms. The van der Waals surface area contributed by atoms with Gasteiger partial charge in [0.1, 0.15) is 17.4 Å². The van der Waals surface area contributed by atoms with Gasteiger partial charge in [-0.05, 0) is 54.6 Å². The second kappa shape index (κ2) is 12.7. The highest BCUT2D eigenvalue weighted by atomic mass is 35.5. The Bertz CT molecular complexity index is 1450. The molecule has 8 nitrogen and oxygen atoms in total. The molecule has 0 bridgehead atoms. The van der Waals surface area contributed by atoms with E-state index in [1.807, 2.05) is 0 Å². The Hall–Kier alpha value is -3.67. The number of aromatic nitrogens is 3. The van der Waals surface area contributed by atoms with Gasteiger partial charge in [0.15, 0.2) is 17.6 Å². The molecule has 2 amide bonds. The Morgan fingerprint density at radius 1 is 0.974 bits per heavy atom. The molecule has 3 aromatic carbocycles. The molecule has 0 radical (unpaired) electrons. The van der Waals surface area contributed by atoms with Crippen LogP contribution in [-0.4, -0.2) is 38.9 Å². The number of amides is 2. The lowest BCUT2D eigenvalue weighted by Crippen LogP contribution is -2.29. The first-order valence-corrected chi connectivity index (χ1v) is 12.8. The Morgan fingerprint density at radius 2 is 1.74 bits per heavy atom. The standard InChI is InChI=1S/C25H19Cl2F2N5O3S/c26-15-5-10-21(18(27)11-15)37-13-23(35)30-12-22-32-33-25(34(22)17-8-6-16(28)7-9-17)38-14-24(36)31-20-4-2-1-3-19(20)29/h1-11H,12-14H2,(H,30,35)(H,31,36). The van der Waals surface area contributed by atoms with Gasteiger partial charge in [0.2, 0.25) is 5.91 Å². The molecule has 2 N–H and O–H groups in total. The molecule has 196 valence electrons. The van der Waals surface area contributed by atoms with Gasteiger partial charge < -0.3 is 15.4 Å². The molecule has 0 saturated carbocycles. The summed E-state index contributed by atoms with van der Waals surface area (Å²) in [5.74, 6) is -1.38. The van der Waals surface area contributed by atoms with Crippen LogP contribution in [0.2, 0.25) is 10.0 Å². The van der Waals surface area contributed by atoms with E-state index in [1.165, 1.54) is 48.5 Å². The molecule has 1 heterocycles. The van der Waals surface area contributed by atoms with E-state index in [4.69, 9.17) is 27.9 Å². The van der Waals surface area contributed by atoms with Crippen molar-refractivity contribution >= 4 is 52.5 Å². The fourth-order valence-electron chi connectivity index (χ4n) is 3.20. The average Bonchev–Trinajstić information content (AvgIpc) is 3.30. The van der Waals surface area contributed by atoms with Crippen molar-refractivity contribution in [3.8, 4) is 11.4 Å². The zero-order valence-corrected chi connectivity index (χ0v) is 21.8. The van der Waals surface area contributed by atoms with E-state index in [0.29, 0.717) is 27.4 Å². The van der Waals surface area contributed by atoms with E-state index in [0.717, 1.165) is 11.8 Å². The van der Waals surface area contributed by atoms with Crippen LogP contribution in [0.15, 0.2) is 71.9 Å². The number of para-hydroxylation sites is 1. The SMILES string of the molecule is O=C(COc1ccc(Cl)cc1Cl)NCc1nnc(SCC(=O)Nc2ccccc2F)n1-c1ccc(F)cc1. The first kappa shape index (κ1) is 27.4. The van der Waals surface area contributed by atoms with Gasteiger partial charge >= 0.3 is 0 Å². The number of carbonyl (C=O) groups excluding carboxylic acids is 2. The first-order valence-electron chi connectivity index (χ1n) is 11.0. The molecule has 0 atom stereocenters. The van der Waals surface area contributed by atoms with Gasteiger partial charge in [-0.3, -0.25) is 14.2 Å². The topological polar surface area (TPSA) is 98.1 Å². The minimum Gasteiger partial charge on any atom is -0.482 e. The maximum absolute atomic E-state index is 13.8. The maximum atomic E-state index is 13.8. The van der Waals surface area contributed by atoms with E-state index < -0.39 is 23.4 Å². The number of halogens is 4. The smallest absolute Gasteiger partial charge is 0.258 e. The average molecular weight is 578 g/mol. The third-order valence-electron chi connectivity index (χ3n) is 4.96. The van der Waals surface area contributed by atoms with E-state index in [1.54, 1.807) is 22.8 Å². The molecule has 4 aromatic rings. The number of hydrogen-bond donors (Lipinski definition) is 2. The summed E-state index contributed by atoms with van der Waals surface area (Å²) < 4.78 is 34.4. The summed E-state index contributed by atoms with van der Waals surface area (Å²) in [5, 5.41) is 14.4. The molecule has 0 saturated heterocycles. The van der Waals surface area contributed by atoms with Crippen molar-refractivity contribution < 1.29 is 23.1 Å². The van der Waals surface area contributed by atoms with Gasteiger partial charge in [0.05, 0.1) is 23.0 Å². The lowest BCUT2D eigenvalue weighted by molar-refractivity contribution is -0.123. The van der Waals surface area contributed by atoms with Gasteiger partial charge in [-0.15, -0.1) is 10.2 Å². The van der Waals surface area contributed by atoms with Crippen molar-refractivity contribution in [3.63, 3.8) is 0 Å². The number of carbonyl (C=O) groups is 2. The highest BCUT2D eigenvalue weighted by Crippen LogP contribution is 2.27. The number of thioether (sulfide) groups is 1. The highest BCUT2D eigenvalue weighted by molar-refractivity contribution is 7.99. The molecule has 38 heavy (non-hydrogen) atoms. The van der Waals surface area contributed by atoms with E-state index in [2.05, 4.69) is 20.8 Å². The molecular weight excluding hydrogens is 559 g/mol. The van der Waals surface area contributed by atoms with Crippen LogP contribution in [0.3, 0.4) is 0 Å². The van der Waals surface area contributed by atoms with Crippen molar-refractivity contribution in [2.75, 3.05) is 17.7 Å². The number of hydrogen-bond acceptors (Lipinski definition) is 6. The van der Waals surface area contributed by atoms with E-state index >= 15 is 0 Å². The largest absolute Gasteiger partial charge is 0.482 e. The summed E-state index contributed by atoms with van der Waals surface area (Å²) in [4.78, 5) is 24.8. The summed E-state index contributed by atoms with van der Waals surface area (Å²) in [6, 6.07) is 16.0. The molecule has 0 aliphatic heterocycles. The third kappa shape index (κ3) is 7.21. The Morgan fingerprint density at radius 3 is 2.47 bits per heavy atom. The molecule has 0 aliphatic carbocycles. The summed E-state index contributed by atoms with van der Waals surface area (Å²) >= 11 is 13.0. The van der Waals surface area contributed by atoms with Crippen molar-refractivity contribution in [1.29, 1.82) is 0 Å². The molecule has 0 unspecified atom stereocenters. The van der Waals surface area contributed by atoms with Crippen molar-refractivity contribution in [2.24, 2.45) is 0 Å². The number of nitrogens with one attached hydrogen (secondary N) is 2. The zero-order valence-electron chi connectivity index (χ0n) is 19.5. The number of anilines is 1. The van der Waals surface area contributed by atoms with Crippen molar-refractivity contribution in [3.05, 3.63) is 94.2 Å². The summed E-state index contributed by atoms with van der Waals surface area (Å²) in [6.07, 6.45) is 0. The fourth-order valence-corrected chi connectivity index (χ4v) is 4.43. The second-order valence-electron chi connectivity index (χ2n) is 7.67. The van der Waals surface area contributed by atoms with Gasteiger partial charge in [0, 0.05) is 10.7 Å². The predicted octanol–water partition coefficient (Wildman–Crippen LogP) is 5.28. The second-order valence-corrected chi connectivity index (χ2v) is 9.45. The minimum absolute atomic E-state index is 0.0388. The maximum Gasteiger partial charge on any atom is 0.258 e. The zero-order chi connectivity index (χ0) is 27.1. The molecule has 1 aromatic heterocycles. The fraction of sp³-hybridized carbons (Fsp3) is 0.120. The predicted molar refractivity (Wildman–Crippen MR) is 141 cm³/mol. The number of ether oxygens (including phenoxy) is 1. The van der Waals surface area contributed by atoms with Crippen LogP contribution in [0.5, 0.6) is 5.75 Å². The van der Waals surface area contributed by atoms with Crippen molar-refractivity contribution in [1.82, 2.24) is 20.1 Å². The Kier molecular flexibility index (Phi) is 9.16. The monoisotopic (exact) mass is 577 g/mol. The Labute approximate surface area is 230 Å². The van der Waals surface area contributed by atoms with Crippen LogP contribution in [0.25, 0.3) is 5.69 Å². The van der Waals surface area contributed by atoms with Crippen LogP contribution in [-0.2, 0) is 16.1 Å². The lowest BCUT2D eigenvalue weighted by Gasteiger charge is -2.12. The van der Waals surface area contributed by atoms with Crippen LogP contribution < -0.4 is 15.4 Å². The van der Waals surface area contributed by atoms with E-state index in [-0.39, 0.29) is 29.6 Å². The third-order valence-corrected chi connectivity index (χ3v) is 6.42. The summed E-state index contributed by atoms with van der Waals surface area (Å²) in [7, 11) is 0.